The Kier molecular flexibility index (Phi) is 6.20. The SMILES string of the molecule is CN(C)c1ccc(N2C(=O)CS[C@H]2c2cccc(NC(=O)c3ccccc3Cl)c2)cc1. The van der Waals surface area contributed by atoms with Gasteiger partial charge < -0.3 is 10.2 Å². The molecule has 0 aromatic heterocycles. The third-order valence-corrected chi connectivity index (χ3v) is 6.60. The molecule has 1 atom stereocenters. The average molecular weight is 452 g/mol. The van der Waals surface area contributed by atoms with Gasteiger partial charge >= 0.3 is 0 Å². The van der Waals surface area contributed by atoms with Gasteiger partial charge in [-0.15, -0.1) is 11.8 Å². The zero-order valence-electron chi connectivity index (χ0n) is 17.2. The first kappa shape index (κ1) is 21.3. The van der Waals surface area contributed by atoms with Gasteiger partial charge in [0.2, 0.25) is 5.91 Å². The Morgan fingerprint density at radius 3 is 2.52 bits per heavy atom. The molecule has 3 aromatic carbocycles. The summed E-state index contributed by atoms with van der Waals surface area (Å²) in [6.45, 7) is 0. The van der Waals surface area contributed by atoms with E-state index in [9.17, 15) is 9.59 Å². The van der Waals surface area contributed by atoms with E-state index in [1.54, 1.807) is 36.0 Å². The van der Waals surface area contributed by atoms with Crippen molar-refractivity contribution in [2.75, 3.05) is 35.0 Å². The molecule has 1 aliphatic rings. The second kappa shape index (κ2) is 9.04. The maximum absolute atomic E-state index is 12.7. The van der Waals surface area contributed by atoms with E-state index in [0.29, 0.717) is 22.0 Å². The fourth-order valence-corrected chi connectivity index (χ4v) is 4.86. The van der Waals surface area contributed by atoms with Crippen molar-refractivity contribution in [3.63, 3.8) is 0 Å². The minimum absolute atomic E-state index is 0.0677. The normalized spacial score (nSPS) is 15.8. The molecule has 4 rings (SSSR count). The number of nitrogens with one attached hydrogen (secondary N) is 1. The molecule has 3 aromatic rings. The van der Waals surface area contributed by atoms with E-state index in [1.165, 1.54) is 0 Å². The zero-order chi connectivity index (χ0) is 22.0. The van der Waals surface area contributed by atoms with Crippen LogP contribution in [0, 0.1) is 0 Å². The molecule has 1 heterocycles. The Hall–Kier alpha value is -2.96. The topological polar surface area (TPSA) is 52.6 Å². The number of hydrogen-bond donors (Lipinski definition) is 1. The van der Waals surface area contributed by atoms with Gasteiger partial charge in [0.15, 0.2) is 0 Å². The van der Waals surface area contributed by atoms with Crippen LogP contribution in [0.25, 0.3) is 0 Å². The van der Waals surface area contributed by atoms with Gasteiger partial charge in [-0.05, 0) is 54.1 Å². The standard InChI is InChI=1S/C24H22ClN3O2S/c1-27(2)18-10-12-19(13-11-18)28-22(29)15-31-24(28)16-6-5-7-17(14-16)26-23(30)20-8-3-4-9-21(20)25/h3-14,24H,15H2,1-2H3,(H,26,30)/t24-/m0/s1. The lowest BCUT2D eigenvalue weighted by Gasteiger charge is -2.25. The lowest BCUT2D eigenvalue weighted by atomic mass is 10.1. The number of anilines is 3. The Morgan fingerprint density at radius 1 is 1.06 bits per heavy atom. The number of nitrogens with zero attached hydrogens (tertiary/aromatic N) is 2. The molecule has 1 N–H and O–H groups in total. The summed E-state index contributed by atoms with van der Waals surface area (Å²) in [5, 5.41) is 3.15. The Bertz CT molecular complexity index is 1120. The summed E-state index contributed by atoms with van der Waals surface area (Å²) < 4.78 is 0. The van der Waals surface area contributed by atoms with E-state index < -0.39 is 0 Å². The smallest absolute Gasteiger partial charge is 0.257 e. The first-order valence-corrected chi connectivity index (χ1v) is 11.2. The summed E-state index contributed by atoms with van der Waals surface area (Å²) in [6.07, 6.45) is 0. The van der Waals surface area contributed by atoms with Gasteiger partial charge in [-0.2, -0.15) is 0 Å². The van der Waals surface area contributed by atoms with Crippen molar-refractivity contribution in [2.45, 2.75) is 5.37 Å². The van der Waals surface area contributed by atoms with Crippen LogP contribution in [0.2, 0.25) is 5.02 Å². The van der Waals surface area contributed by atoms with Crippen LogP contribution in [0.1, 0.15) is 21.3 Å². The van der Waals surface area contributed by atoms with Crippen molar-refractivity contribution in [3.8, 4) is 0 Å². The third kappa shape index (κ3) is 4.55. The summed E-state index contributed by atoms with van der Waals surface area (Å²) in [4.78, 5) is 29.1. The van der Waals surface area contributed by atoms with Gasteiger partial charge in [0.05, 0.1) is 16.3 Å². The minimum atomic E-state index is -0.269. The average Bonchev–Trinajstić information content (AvgIpc) is 3.15. The highest BCUT2D eigenvalue weighted by Gasteiger charge is 2.34. The van der Waals surface area contributed by atoms with Crippen molar-refractivity contribution in [1.82, 2.24) is 0 Å². The number of carbonyl (C=O) groups excluding carboxylic acids is 2. The molecule has 1 aliphatic heterocycles. The van der Waals surface area contributed by atoms with Crippen molar-refractivity contribution in [2.24, 2.45) is 0 Å². The highest BCUT2D eigenvalue weighted by atomic mass is 35.5. The van der Waals surface area contributed by atoms with Crippen molar-refractivity contribution >= 4 is 52.2 Å². The third-order valence-electron chi connectivity index (χ3n) is 5.06. The number of halogens is 1. The number of rotatable bonds is 5. The first-order valence-electron chi connectivity index (χ1n) is 9.81. The van der Waals surface area contributed by atoms with Crippen molar-refractivity contribution < 1.29 is 9.59 Å². The molecule has 2 amide bonds. The highest BCUT2D eigenvalue weighted by Crippen LogP contribution is 2.42. The zero-order valence-corrected chi connectivity index (χ0v) is 18.8. The van der Waals surface area contributed by atoms with Crippen LogP contribution >= 0.6 is 23.4 Å². The van der Waals surface area contributed by atoms with Gasteiger partial charge in [-0.1, -0.05) is 35.9 Å². The lowest BCUT2D eigenvalue weighted by molar-refractivity contribution is -0.115. The second-order valence-electron chi connectivity index (χ2n) is 7.40. The van der Waals surface area contributed by atoms with Crippen molar-refractivity contribution in [1.29, 1.82) is 0 Å². The van der Waals surface area contributed by atoms with E-state index >= 15 is 0 Å². The maximum atomic E-state index is 12.7. The van der Waals surface area contributed by atoms with Gasteiger partial charge in [-0.25, -0.2) is 0 Å². The number of amides is 2. The van der Waals surface area contributed by atoms with E-state index in [2.05, 4.69) is 5.32 Å². The number of thioether (sulfide) groups is 1. The predicted molar refractivity (Wildman–Crippen MR) is 129 cm³/mol. The fourth-order valence-electron chi connectivity index (χ4n) is 3.47. The molecule has 5 nitrogen and oxygen atoms in total. The minimum Gasteiger partial charge on any atom is -0.378 e. The lowest BCUT2D eigenvalue weighted by Crippen LogP contribution is -2.27. The summed E-state index contributed by atoms with van der Waals surface area (Å²) in [7, 11) is 3.97. The summed E-state index contributed by atoms with van der Waals surface area (Å²) in [6, 6.07) is 22.5. The quantitative estimate of drug-likeness (QED) is 0.561. The van der Waals surface area contributed by atoms with Crippen LogP contribution in [0.4, 0.5) is 17.1 Å². The number of hydrogen-bond acceptors (Lipinski definition) is 4. The van der Waals surface area contributed by atoms with Crippen LogP contribution in [0.5, 0.6) is 0 Å². The van der Waals surface area contributed by atoms with E-state index in [0.717, 1.165) is 16.9 Å². The van der Waals surface area contributed by atoms with Crippen LogP contribution in [0.15, 0.2) is 72.8 Å². The molecular formula is C24H22ClN3O2S. The second-order valence-corrected chi connectivity index (χ2v) is 8.87. The van der Waals surface area contributed by atoms with Gasteiger partial charge in [0.1, 0.15) is 5.37 Å². The van der Waals surface area contributed by atoms with Crippen LogP contribution in [-0.4, -0.2) is 31.7 Å². The molecule has 0 bridgehead atoms. The molecule has 0 spiro atoms. The van der Waals surface area contributed by atoms with Gasteiger partial charge in [0, 0.05) is 31.2 Å². The van der Waals surface area contributed by atoms with Crippen LogP contribution in [0.3, 0.4) is 0 Å². The molecule has 0 unspecified atom stereocenters. The van der Waals surface area contributed by atoms with E-state index in [-0.39, 0.29) is 17.2 Å². The molecule has 1 saturated heterocycles. The molecule has 0 radical (unpaired) electrons. The maximum Gasteiger partial charge on any atom is 0.257 e. The van der Waals surface area contributed by atoms with Gasteiger partial charge in [-0.3, -0.25) is 14.5 Å². The Morgan fingerprint density at radius 2 is 1.81 bits per heavy atom. The molecule has 31 heavy (non-hydrogen) atoms. The Labute approximate surface area is 191 Å². The summed E-state index contributed by atoms with van der Waals surface area (Å²) in [5.74, 6) is 0.211. The molecule has 0 saturated carbocycles. The predicted octanol–water partition coefficient (Wildman–Crippen LogP) is 5.44. The summed E-state index contributed by atoms with van der Waals surface area (Å²) >= 11 is 7.72. The number of benzene rings is 3. The van der Waals surface area contributed by atoms with E-state index in [4.69, 9.17) is 11.6 Å². The highest BCUT2D eigenvalue weighted by molar-refractivity contribution is 8.00. The fraction of sp³-hybridized carbons (Fsp3) is 0.167. The van der Waals surface area contributed by atoms with Crippen molar-refractivity contribution in [3.05, 3.63) is 88.9 Å². The van der Waals surface area contributed by atoms with Crippen LogP contribution in [-0.2, 0) is 4.79 Å². The van der Waals surface area contributed by atoms with E-state index in [1.807, 2.05) is 72.4 Å². The monoisotopic (exact) mass is 451 g/mol. The summed E-state index contributed by atoms with van der Waals surface area (Å²) in [5.41, 5.74) is 3.96. The molecule has 1 fully saturated rings. The van der Waals surface area contributed by atoms with Gasteiger partial charge in [0.25, 0.3) is 5.91 Å². The largest absolute Gasteiger partial charge is 0.378 e. The molecule has 0 aliphatic carbocycles. The van der Waals surface area contributed by atoms with Crippen LogP contribution < -0.4 is 15.1 Å². The molecular weight excluding hydrogens is 430 g/mol. The molecule has 158 valence electrons. The Balaban J connectivity index is 1.58. The molecule has 7 heteroatoms. The first-order chi connectivity index (χ1) is 14.9. The number of carbonyl (C=O) groups is 2.